The molecule has 2 aromatic rings. The monoisotopic (exact) mass is 464 g/mol. The van der Waals surface area contributed by atoms with Crippen LogP contribution in [0.15, 0.2) is 30.3 Å². The molecule has 0 spiro atoms. The van der Waals surface area contributed by atoms with Crippen molar-refractivity contribution in [3.63, 3.8) is 0 Å². The molecule has 32 heavy (non-hydrogen) atoms. The van der Waals surface area contributed by atoms with E-state index in [2.05, 4.69) is 9.71 Å². The average Bonchev–Trinajstić information content (AvgIpc) is 3.44. The van der Waals surface area contributed by atoms with Crippen LogP contribution in [0.2, 0.25) is 0 Å². The van der Waals surface area contributed by atoms with Crippen LogP contribution >= 0.6 is 0 Å². The molecule has 0 amide bonds. The maximum atomic E-state index is 14.0. The van der Waals surface area contributed by atoms with E-state index in [0.717, 1.165) is 18.9 Å². The normalized spacial score (nSPS) is 15.6. The molecule has 0 aliphatic heterocycles. The van der Waals surface area contributed by atoms with Gasteiger partial charge in [-0.2, -0.15) is 13.2 Å². The van der Waals surface area contributed by atoms with E-state index >= 15 is 0 Å². The molecule has 9 heteroatoms. The minimum Gasteiger partial charge on any atom is -0.299 e. The molecule has 0 unspecified atom stereocenters. The minimum absolute atomic E-state index is 0.0350. The largest absolute Gasteiger partial charge is 0.417 e. The van der Waals surface area contributed by atoms with Crippen molar-refractivity contribution in [3.05, 3.63) is 52.9 Å². The van der Waals surface area contributed by atoms with Crippen LogP contribution in [0.4, 0.5) is 18.9 Å². The number of anilines is 1. The third-order valence-corrected chi connectivity index (χ3v) is 7.03. The van der Waals surface area contributed by atoms with E-state index < -0.39 is 21.8 Å². The highest BCUT2D eigenvalue weighted by Crippen LogP contribution is 2.42. The number of nitrogens with zero attached hydrogens (tertiary/aromatic N) is 1. The van der Waals surface area contributed by atoms with E-state index in [1.807, 2.05) is 6.08 Å². The molecule has 2 aliphatic rings. The SMILES string of the molecule is CCCS(=O)(=O)Nc1ccc(-c2cc(CC(=O)C3CC3)nc3c2C=CC3)c(C(F)(F)F)c1. The molecule has 2 aliphatic carbocycles. The van der Waals surface area contributed by atoms with Crippen molar-refractivity contribution in [2.24, 2.45) is 5.92 Å². The Morgan fingerprint density at radius 3 is 2.59 bits per heavy atom. The van der Waals surface area contributed by atoms with Crippen LogP contribution in [0.25, 0.3) is 17.2 Å². The number of fused-ring (bicyclic) bond motifs is 1. The van der Waals surface area contributed by atoms with Gasteiger partial charge in [-0.3, -0.25) is 14.5 Å². The molecule has 1 aromatic carbocycles. The summed E-state index contributed by atoms with van der Waals surface area (Å²) in [6.45, 7) is 1.67. The summed E-state index contributed by atoms with van der Waals surface area (Å²) in [6, 6.07) is 4.99. The molecule has 0 atom stereocenters. The first-order chi connectivity index (χ1) is 15.1. The predicted octanol–water partition coefficient (Wildman–Crippen LogP) is 5.01. The van der Waals surface area contributed by atoms with Crippen molar-refractivity contribution in [2.75, 3.05) is 10.5 Å². The Balaban J connectivity index is 1.79. The Labute approximate surface area is 184 Å². The molecular weight excluding hydrogens is 441 g/mol. The molecule has 1 fully saturated rings. The zero-order valence-electron chi connectivity index (χ0n) is 17.5. The Hall–Kier alpha value is -2.68. The summed E-state index contributed by atoms with van der Waals surface area (Å²) in [5, 5.41) is 0. The summed E-state index contributed by atoms with van der Waals surface area (Å²) in [5.41, 5.74) is 0.890. The quantitative estimate of drug-likeness (QED) is 0.596. The first-order valence-corrected chi connectivity index (χ1v) is 12.2. The summed E-state index contributed by atoms with van der Waals surface area (Å²) in [7, 11) is -3.73. The lowest BCUT2D eigenvalue weighted by Crippen LogP contribution is -2.17. The van der Waals surface area contributed by atoms with Crippen molar-refractivity contribution >= 4 is 27.6 Å². The first-order valence-electron chi connectivity index (χ1n) is 10.5. The minimum atomic E-state index is -4.70. The van der Waals surface area contributed by atoms with E-state index in [1.165, 1.54) is 12.1 Å². The van der Waals surface area contributed by atoms with Crippen LogP contribution in [-0.4, -0.2) is 24.9 Å². The van der Waals surface area contributed by atoms with Crippen LogP contribution in [0.3, 0.4) is 0 Å². The molecular formula is C23H23F3N2O3S. The highest BCUT2D eigenvalue weighted by atomic mass is 32.2. The molecule has 170 valence electrons. The van der Waals surface area contributed by atoms with Gasteiger partial charge in [0, 0.05) is 35.7 Å². The van der Waals surface area contributed by atoms with E-state index in [0.29, 0.717) is 35.4 Å². The number of nitrogens with one attached hydrogen (secondary N) is 1. The molecule has 0 bridgehead atoms. The molecule has 0 saturated heterocycles. The van der Waals surface area contributed by atoms with Crippen LogP contribution in [0.1, 0.15) is 48.7 Å². The van der Waals surface area contributed by atoms with E-state index in [4.69, 9.17) is 0 Å². The Morgan fingerprint density at radius 2 is 1.94 bits per heavy atom. The lowest BCUT2D eigenvalue weighted by molar-refractivity contribution is -0.137. The van der Waals surface area contributed by atoms with Gasteiger partial charge in [0.2, 0.25) is 10.0 Å². The molecule has 5 nitrogen and oxygen atoms in total. The lowest BCUT2D eigenvalue weighted by Gasteiger charge is -2.18. The zero-order chi connectivity index (χ0) is 23.1. The average molecular weight is 465 g/mol. The van der Waals surface area contributed by atoms with Crippen molar-refractivity contribution in [1.82, 2.24) is 4.98 Å². The maximum absolute atomic E-state index is 14.0. The van der Waals surface area contributed by atoms with E-state index in [9.17, 15) is 26.4 Å². The van der Waals surface area contributed by atoms with Crippen LogP contribution in [-0.2, 0) is 33.8 Å². The fourth-order valence-corrected chi connectivity index (χ4v) is 5.04. The number of benzene rings is 1. The zero-order valence-corrected chi connectivity index (χ0v) is 18.3. The fourth-order valence-electron chi connectivity index (χ4n) is 3.91. The van der Waals surface area contributed by atoms with Gasteiger partial charge in [-0.25, -0.2) is 8.42 Å². The van der Waals surface area contributed by atoms with Gasteiger partial charge in [0.15, 0.2) is 0 Å². The van der Waals surface area contributed by atoms with Gasteiger partial charge in [0.05, 0.1) is 17.0 Å². The second-order valence-corrected chi connectivity index (χ2v) is 10.1. The topological polar surface area (TPSA) is 76.1 Å². The first kappa shape index (κ1) is 22.5. The number of hydrogen-bond acceptors (Lipinski definition) is 4. The summed E-state index contributed by atoms with van der Waals surface area (Å²) >= 11 is 0. The molecule has 1 aromatic heterocycles. The molecule has 1 saturated carbocycles. The number of sulfonamides is 1. The summed E-state index contributed by atoms with van der Waals surface area (Å²) in [5.74, 6) is -0.0872. The number of hydrogen-bond donors (Lipinski definition) is 1. The second-order valence-electron chi connectivity index (χ2n) is 8.22. The molecule has 1 heterocycles. The Kier molecular flexibility index (Phi) is 5.87. The van der Waals surface area contributed by atoms with Gasteiger partial charge in [0.1, 0.15) is 5.78 Å². The van der Waals surface area contributed by atoms with Crippen LogP contribution < -0.4 is 4.72 Å². The molecule has 1 N–H and O–H groups in total. The van der Waals surface area contributed by atoms with Gasteiger partial charge in [0.25, 0.3) is 0 Å². The van der Waals surface area contributed by atoms with Crippen molar-refractivity contribution in [3.8, 4) is 11.1 Å². The molecule has 0 radical (unpaired) electrons. The maximum Gasteiger partial charge on any atom is 0.417 e. The van der Waals surface area contributed by atoms with Gasteiger partial charge in [-0.15, -0.1) is 0 Å². The van der Waals surface area contributed by atoms with Gasteiger partial charge in [-0.1, -0.05) is 25.1 Å². The van der Waals surface area contributed by atoms with Crippen LogP contribution in [0, 0.1) is 5.92 Å². The third-order valence-electron chi connectivity index (χ3n) is 5.54. The highest BCUT2D eigenvalue weighted by molar-refractivity contribution is 7.92. The van der Waals surface area contributed by atoms with Crippen molar-refractivity contribution in [1.29, 1.82) is 0 Å². The number of aromatic nitrogens is 1. The Morgan fingerprint density at radius 1 is 1.19 bits per heavy atom. The number of allylic oxidation sites excluding steroid dienone is 1. The molecule has 4 rings (SSSR count). The number of carbonyl (C=O) groups excluding carboxylic acids is 1. The summed E-state index contributed by atoms with van der Waals surface area (Å²) < 4.78 is 68.3. The summed E-state index contributed by atoms with van der Waals surface area (Å²) in [6.07, 6.45) is 1.50. The standard InChI is InChI=1S/C23H23F3N2O3S/c1-2-10-32(30,31)28-15-8-9-17(20(12-15)23(24,25)26)19-11-16(13-22(29)14-6-7-14)27-21-5-3-4-18(19)21/h3-4,8-9,11-12,14,28H,2,5-7,10,13H2,1H3. The number of carbonyl (C=O) groups is 1. The van der Waals surface area contributed by atoms with E-state index in [1.54, 1.807) is 19.1 Å². The number of pyridine rings is 1. The Bertz CT molecular complexity index is 1200. The second kappa shape index (κ2) is 8.35. The summed E-state index contributed by atoms with van der Waals surface area (Å²) in [4.78, 5) is 16.8. The number of ketones is 1. The van der Waals surface area contributed by atoms with Gasteiger partial charge in [-0.05, 0) is 48.6 Å². The van der Waals surface area contributed by atoms with Crippen molar-refractivity contribution < 1.29 is 26.4 Å². The number of rotatable bonds is 8. The van der Waals surface area contributed by atoms with Crippen molar-refractivity contribution in [2.45, 2.75) is 45.2 Å². The third kappa shape index (κ3) is 4.87. The number of Topliss-reactive ketones (excluding diaryl/α,β-unsaturated/α-hetero) is 1. The lowest BCUT2D eigenvalue weighted by atomic mass is 9.93. The highest BCUT2D eigenvalue weighted by Gasteiger charge is 2.35. The van der Waals surface area contributed by atoms with Crippen LogP contribution in [0.5, 0.6) is 0 Å². The number of alkyl halides is 3. The number of halogens is 3. The van der Waals surface area contributed by atoms with E-state index in [-0.39, 0.29) is 35.1 Å². The smallest absolute Gasteiger partial charge is 0.299 e. The predicted molar refractivity (Wildman–Crippen MR) is 117 cm³/mol. The fraction of sp³-hybridized carbons (Fsp3) is 0.391. The van der Waals surface area contributed by atoms with Gasteiger partial charge < -0.3 is 0 Å². The van der Waals surface area contributed by atoms with Gasteiger partial charge >= 0.3 is 6.18 Å².